The van der Waals surface area contributed by atoms with E-state index in [0.29, 0.717) is 37.5 Å². The highest BCUT2D eigenvalue weighted by molar-refractivity contribution is 6.30. The highest BCUT2D eigenvalue weighted by atomic mass is 35.5. The largest absolute Gasteiger partial charge is 0.496 e. The zero-order valence-corrected chi connectivity index (χ0v) is 24.1. The first-order valence-electron chi connectivity index (χ1n) is 13.6. The third kappa shape index (κ3) is 7.93. The number of hydrogen-bond acceptors (Lipinski definition) is 5. The van der Waals surface area contributed by atoms with Gasteiger partial charge in [-0.2, -0.15) is 0 Å². The molecule has 1 aliphatic carbocycles. The number of nitrogens with one attached hydrogen (secondary N) is 2. The lowest BCUT2D eigenvalue weighted by molar-refractivity contribution is -0.130. The summed E-state index contributed by atoms with van der Waals surface area (Å²) in [5, 5.41) is 16.8. The Balaban J connectivity index is 1.45. The van der Waals surface area contributed by atoms with Crippen LogP contribution in [0.2, 0.25) is 5.02 Å². The zero-order valence-electron chi connectivity index (χ0n) is 23.3. The van der Waals surface area contributed by atoms with Gasteiger partial charge in [0.05, 0.1) is 30.2 Å². The second kappa shape index (κ2) is 12.7. The third-order valence-electron chi connectivity index (χ3n) is 7.83. The molecule has 1 saturated heterocycles. The van der Waals surface area contributed by atoms with Crippen LogP contribution in [0.15, 0.2) is 60.7 Å². The van der Waals surface area contributed by atoms with Crippen LogP contribution in [0.5, 0.6) is 0 Å². The maximum absolute atomic E-state index is 14.3. The first kappa shape index (κ1) is 30.7. The summed E-state index contributed by atoms with van der Waals surface area (Å²) in [6, 6.07) is 10.5. The Bertz CT molecular complexity index is 1330. The van der Waals surface area contributed by atoms with E-state index in [4.69, 9.17) is 16.3 Å². The van der Waals surface area contributed by atoms with E-state index in [1.807, 2.05) is 19.1 Å². The van der Waals surface area contributed by atoms with Crippen molar-refractivity contribution in [3.8, 4) is 0 Å². The summed E-state index contributed by atoms with van der Waals surface area (Å²) in [5.41, 5.74) is -0.676. The molecule has 2 aliphatic rings. The van der Waals surface area contributed by atoms with Gasteiger partial charge in [0.1, 0.15) is 17.4 Å². The lowest BCUT2D eigenvalue weighted by Gasteiger charge is -2.54. The summed E-state index contributed by atoms with van der Waals surface area (Å²) in [6.07, 6.45) is 4.37. The summed E-state index contributed by atoms with van der Waals surface area (Å²) < 4.78 is 33.0. The molecule has 1 aliphatic heterocycles. The predicted octanol–water partition coefficient (Wildman–Crippen LogP) is 4.73. The summed E-state index contributed by atoms with van der Waals surface area (Å²) in [5.74, 6) is -2.31. The van der Waals surface area contributed by atoms with Crippen LogP contribution in [-0.4, -0.2) is 59.2 Å². The van der Waals surface area contributed by atoms with Crippen molar-refractivity contribution in [2.24, 2.45) is 0 Å². The molecule has 4 rings (SSSR count). The third-order valence-corrected chi connectivity index (χ3v) is 8.07. The molecular weight excluding hydrogens is 552 g/mol. The molecule has 0 aromatic heterocycles. The van der Waals surface area contributed by atoms with E-state index in [-0.39, 0.29) is 35.3 Å². The lowest BCUT2D eigenvalue weighted by Crippen LogP contribution is -2.73. The minimum absolute atomic E-state index is 0.00329. The number of halogens is 3. The van der Waals surface area contributed by atoms with Crippen LogP contribution in [0.1, 0.15) is 50.2 Å². The van der Waals surface area contributed by atoms with Gasteiger partial charge in [-0.05, 0) is 68.5 Å². The van der Waals surface area contributed by atoms with Crippen LogP contribution >= 0.6 is 11.6 Å². The second-order valence-corrected chi connectivity index (χ2v) is 11.7. The Labute approximate surface area is 244 Å². The smallest absolute Gasteiger partial charge is 0.251 e. The van der Waals surface area contributed by atoms with Gasteiger partial charge in [0.25, 0.3) is 5.91 Å². The van der Waals surface area contributed by atoms with Crippen LogP contribution in [0.4, 0.5) is 8.78 Å². The number of hydrogen-bond donors (Lipinski definition) is 3. The van der Waals surface area contributed by atoms with E-state index in [1.54, 1.807) is 12.1 Å². The Morgan fingerprint density at radius 2 is 1.90 bits per heavy atom. The number of rotatable bonds is 10. The molecule has 2 aromatic rings. The van der Waals surface area contributed by atoms with Gasteiger partial charge in [0, 0.05) is 42.3 Å². The number of likely N-dealkylation sites (tertiary alicyclic amines) is 1. The van der Waals surface area contributed by atoms with Crippen molar-refractivity contribution in [3.63, 3.8) is 0 Å². The van der Waals surface area contributed by atoms with E-state index >= 15 is 0 Å². The molecular formula is C31H36ClF2N3O4. The van der Waals surface area contributed by atoms with Gasteiger partial charge in [0.2, 0.25) is 5.91 Å². The van der Waals surface area contributed by atoms with Crippen molar-refractivity contribution in [1.82, 2.24) is 15.5 Å². The van der Waals surface area contributed by atoms with Gasteiger partial charge < -0.3 is 20.5 Å². The van der Waals surface area contributed by atoms with Gasteiger partial charge in [-0.1, -0.05) is 30.3 Å². The van der Waals surface area contributed by atoms with Crippen molar-refractivity contribution in [3.05, 3.63) is 88.5 Å². The highest BCUT2D eigenvalue weighted by Crippen LogP contribution is 2.36. The maximum Gasteiger partial charge on any atom is 0.251 e. The highest BCUT2D eigenvalue weighted by Gasteiger charge is 2.49. The predicted molar refractivity (Wildman–Crippen MR) is 154 cm³/mol. The minimum atomic E-state index is -0.847. The average Bonchev–Trinajstić information content (AvgIpc) is 2.89. The van der Waals surface area contributed by atoms with Crippen LogP contribution in [0, 0.1) is 11.6 Å². The fourth-order valence-corrected chi connectivity index (χ4v) is 5.73. The molecule has 10 heteroatoms. The van der Waals surface area contributed by atoms with Gasteiger partial charge in [-0.15, -0.1) is 0 Å². The van der Waals surface area contributed by atoms with Crippen LogP contribution in [-0.2, 0) is 20.9 Å². The molecule has 41 heavy (non-hydrogen) atoms. The maximum atomic E-state index is 14.3. The van der Waals surface area contributed by atoms with E-state index < -0.39 is 28.7 Å². The summed E-state index contributed by atoms with van der Waals surface area (Å²) >= 11 is 6.05. The van der Waals surface area contributed by atoms with Crippen LogP contribution < -0.4 is 10.6 Å². The van der Waals surface area contributed by atoms with E-state index in [2.05, 4.69) is 22.1 Å². The number of aliphatic hydroxyl groups is 1. The monoisotopic (exact) mass is 587 g/mol. The average molecular weight is 588 g/mol. The quantitative estimate of drug-likeness (QED) is 0.212. The zero-order chi connectivity index (χ0) is 29.8. The number of methoxy groups -OCH3 is 1. The van der Waals surface area contributed by atoms with Gasteiger partial charge in [0.15, 0.2) is 0 Å². The lowest BCUT2D eigenvalue weighted by atomic mass is 9.78. The topological polar surface area (TPSA) is 90.9 Å². The Morgan fingerprint density at radius 1 is 1.20 bits per heavy atom. The Hall–Kier alpha value is -3.27. The number of carbonyl (C=O) groups is 2. The van der Waals surface area contributed by atoms with Crippen molar-refractivity contribution in [2.45, 2.75) is 62.8 Å². The number of nitrogens with zero attached hydrogens (tertiary/aromatic N) is 1. The van der Waals surface area contributed by atoms with Crippen molar-refractivity contribution in [2.75, 3.05) is 20.2 Å². The summed E-state index contributed by atoms with van der Waals surface area (Å²) in [6.45, 7) is 6.88. The molecule has 3 N–H and O–H groups in total. The first-order chi connectivity index (χ1) is 19.4. The van der Waals surface area contributed by atoms with Crippen molar-refractivity contribution < 1.29 is 28.2 Å². The molecule has 1 heterocycles. The Morgan fingerprint density at radius 3 is 2.54 bits per heavy atom. The SMILES string of the molecule is C=C(/C=C(\OC)c1ccc(F)cc1F)C(=O)NC1(CC(=O)NCc2cccc(Cl)c2)CN(C2CCC(C)(O)CC2)C1. The van der Waals surface area contributed by atoms with Crippen LogP contribution in [0.25, 0.3) is 5.76 Å². The number of carbonyl (C=O) groups excluding carboxylic acids is 2. The standard InChI is InChI=1S/C31H36ClF2N3O4/c1-20(13-27(41-3)25-8-7-23(33)15-26(25)34)29(39)36-31(16-28(38)35-17-21-5-4-6-22(32)14-21)18-37(19-31)24-9-11-30(2,40)12-10-24/h4-8,13-15,24,40H,1,9-12,16-19H2,2-3H3,(H,35,38)(H,36,39)/b27-13-. The van der Waals surface area contributed by atoms with E-state index in [0.717, 1.165) is 30.5 Å². The van der Waals surface area contributed by atoms with E-state index in [1.165, 1.54) is 19.3 Å². The summed E-state index contributed by atoms with van der Waals surface area (Å²) in [7, 11) is 1.32. The van der Waals surface area contributed by atoms with Gasteiger partial charge >= 0.3 is 0 Å². The van der Waals surface area contributed by atoms with Gasteiger partial charge in [-0.25, -0.2) is 8.78 Å². The fourth-order valence-electron chi connectivity index (χ4n) is 5.51. The second-order valence-electron chi connectivity index (χ2n) is 11.3. The number of amides is 2. The van der Waals surface area contributed by atoms with Crippen molar-refractivity contribution >= 4 is 29.2 Å². The molecule has 0 unspecified atom stereocenters. The molecule has 220 valence electrons. The molecule has 0 bridgehead atoms. The molecule has 2 fully saturated rings. The fraction of sp³-hybridized carbons (Fsp3) is 0.419. The molecule has 0 atom stereocenters. The molecule has 7 nitrogen and oxygen atoms in total. The molecule has 1 saturated carbocycles. The molecule has 2 amide bonds. The number of benzene rings is 2. The van der Waals surface area contributed by atoms with E-state index in [9.17, 15) is 23.5 Å². The van der Waals surface area contributed by atoms with Crippen molar-refractivity contribution in [1.29, 1.82) is 0 Å². The summed E-state index contributed by atoms with van der Waals surface area (Å²) in [4.78, 5) is 28.5. The normalized spacial score (nSPS) is 22.4. The Kier molecular flexibility index (Phi) is 9.51. The van der Waals surface area contributed by atoms with Gasteiger partial charge in [-0.3, -0.25) is 14.5 Å². The molecule has 2 aromatic carbocycles. The first-order valence-corrected chi connectivity index (χ1v) is 14.0. The van der Waals surface area contributed by atoms with Crippen LogP contribution in [0.3, 0.4) is 0 Å². The molecule has 0 spiro atoms. The number of ether oxygens (including phenoxy) is 1. The minimum Gasteiger partial charge on any atom is -0.496 e. The molecule has 0 radical (unpaired) electrons.